The predicted octanol–water partition coefficient (Wildman–Crippen LogP) is 1.40. The highest BCUT2D eigenvalue weighted by molar-refractivity contribution is 5.92. The van der Waals surface area contributed by atoms with Gasteiger partial charge in [0.2, 0.25) is 0 Å². The summed E-state index contributed by atoms with van der Waals surface area (Å²) in [5.41, 5.74) is -0.345. The summed E-state index contributed by atoms with van der Waals surface area (Å²) in [5, 5.41) is 11.1. The van der Waals surface area contributed by atoms with Crippen LogP contribution in [0.1, 0.15) is 24.2 Å². The Bertz CT molecular complexity index is 662. The van der Waals surface area contributed by atoms with Gasteiger partial charge in [-0.2, -0.15) is 0 Å². The molecular formula is C16H20N2O7. The average molecular weight is 352 g/mol. The summed E-state index contributed by atoms with van der Waals surface area (Å²) in [6, 6.07) is 3.78. The number of nitro groups is 1. The number of rotatable bonds is 6. The van der Waals surface area contributed by atoms with E-state index in [4.69, 9.17) is 14.2 Å². The van der Waals surface area contributed by atoms with E-state index < -0.39 is 17.5 Å². The number of amides is 1. The molecule has 1 aliphatic rings. The van der Waals surface area contributed by atoms with Gasteiger partial charge in [-0.15, -0.1) is 0 Å². The molecule has 9 heteroatoms. The van der Waals surface area contributed by atoms with E-state index in [1.54, 1.807) is 11.8 Å². The molecule has 0 radical (unpaired) electrons. The van der Waals surface area contributed by atoms with Gasteiger partial charge in [-0.05, 0) is 26.0 Å². The van der Waals surface area contributed by atoms with E-state index in [1.807, 2.05) is 6.92 Å². The molecule has 1 heterocycles. The zero-order valence-electron chi connectivity index (χ0n) is 14.1. The largest absolute Gasteiger partial charge is 0.487 e. The lowest BCUT2D eigenvalue weighted by Gasteiger charge is -2.30. The van der Waals surface area contributed by atoms with Gasteiger partial charge >= 0.3 is 11.7 Å². The fourth-order valence-electron chi connectivity index (χ4n) is 2.41. The van der Waals surface area contributed by atoms with Crippen LogP contribution in [0.15, 0.2) is 18.2 Å². The standard InChI is InChI=1S/C16H20N2O7/c1-3-23-14-5-4-12(8-13(14)18(21)22)16(20)25-10-15(19)17-6-7-24-11(2)9-17/h4-5,8,11H,3,6-7,9-10H2,1-2H3. The van der Waals surface area contributed by atoms with Gasteiger partial charge in [0.05, 0.1) is 29.8 Å². The van der Waals surface area contributed by atoms with Crippen molar-refractivity contribution in [1.82, 2.24) is 4.90 Å². The number of carbonyl (C=O) groups excluding carboxylic acids is 2. The molecule has 0 aromatic heterocycles. The summed E-state index contributed by atoms with van der Waals surface area (Å²) in [7, 11) is 0. The lowest BCUT2D eigenvalue weighted by atomic mass is 10.2. The van der Waals surface area contributed by atoms with Crippen LogP contribution < -0.4 is 4.74 Å². The van der Waals surface area contributed by atoms with Crippen molar-refractivity contribution in [2.45, 2.75) is 20.0 Å². The molecule has 0 saturated carbocycles. The number of hydrogen-bond acceptors (Lipinski definition) is 7. The lowest BCUT2D eigenvalue weighted by Crippen LogP contribution is -2.46. The van der Waals surface area contributed by atoms with Crippen molar-refractivity contribution < 1.29 is 28.7 Å². The molecule has 9 nitrogen and oxygen atoms in total. The molecule has 1 aliphatic heterocycles. The van der Waals surface area contributed by atoms with Gasteiger partial charge in [-0.1, -0.05) is 0 Å². The minimum Gasteiger partial charge on any atom is -0.487 e. The fourth-order valence-corrected chi connectivity index (χ4v) is 2.41. The Kier molecular flexibility index (Phi) is 6.29. The van der Waals surface area contributed by atoms with Crippen molar-refractivity contribution in [2.24, 2.45) is 0 Å². The van der Waals surface area contributed by atoms with Crippen LogP contribution in [-0.4, -0.2) is 60.7 Å². The highest BCUT2D eigenvalue weighted by Crippen LogP contribution is 2.28. The molecule has 1 amide bonds. The van der Waals surface area contributed by atoms with Crippen molar-refractivity contribution in [3.8, 4) is 5.75 Å². The second kappa shape index (κ2) is 8.43. The zero-order chi connectivity index (χ0) is 18.4. The van der Waals surface area contributed by atoms with Gasteiger partial charge in [0.25, 0.3) is 5.91 Å². The Morgan fingerprint density at radius 3 is 2.84 bits per heavy atom. The number of morpholine rings is 1. The fraction of sp³-hybridized carbons (Fsp3) is 0.500. The van der Waals surface area contributed by atoms with Crippen LogP contribution in [0.2, 0.25) is 0 Å². The first-order valence-corrected chi connectivity index (χ1v) is 7.90. The quantitative estimate of drug-likeness (QED) is 0.432. The molecule has 136 valence electrons. The Balaban J connectivity index is 1.99. The van der Waals surface area contributed by atoms with Crippen LogP contribution in [0, 0.1) is 10.1 Å². The molecule has 1 aromatic rings. The zero-order valence-corrected chi connectivity index (χ0v) is 14.1. The van der Waals surface area contributed by atoms with Crippen LogP contribution in [-0.2, 0) is 14.3 Å². The molecule has 25 heavy (non-hydrogen) atoms. The summed E-state index contributed by atoms with van der Waals surface area (Å²) in [5.74, 6) is -1.06. The van der Waals surface area contributed by atoms with Crippen LogP contribution in [0.25, 0.3) is 0 Å². The first-order valence-electron chi connectivity index (χ1n) is 7.90. The highest BCUT2D eigenvalue weighted by Gasteiger charge is 2.23. The molecule has 1 atom stereocenters. The van der Waals surface area contributed by atoms with Crippen LogP contribution >= 0.6 is 0 Å². The number of ether oxygens (including phenoxy) is 3. The summed E-state index contributed by atoms with van der Waals surface area (Å²) in [6.07, 6.45) is -0.0674. The Hall–Kier alpha value is -2.68. The van der Waals surface area contributed by atoms with E-state index >= 15 is 0 Å². The van der Waals surface area contributed by atoms with Crippen molar-refractivity contribution >= 4 is 17.6 Å². The maximum Gasteiger partial charge on any atom is 0.338 e. The molecule has 0 bridgehead atoms. The summed E-state index contributed by atoms with van der Waals surface area (Å²) in [6.45, 7) is 4.70. The molecule has 0 N–H and O–H groups in total. The third-order valence-electron chi connectivity index (χ3n) is 3.61. The monoisotopic (exact) mass is 352 g/mol. The van der Waals surface area contributed by atoms with E-state index in [0.717, 1.165) is 6.07 Å². The highest BCUT2D eigenvalue weighted by atomic mass is 16.6. The summed E-state index contributed by atoms with van der Waals surface area (Å²) in [4.78, 5) is 36.1. The average Bonchev–Trinajstić information content (AvgIpc) is 2.59. The maximum atomic E-state index is 12.1. The van der Waals surface area contributed by atoms with Gasteiger partial charge < -0.3 is 19.1 Å². The van der Waals surface area contributed by atoms with Crippen molar-refractivity contribution in [3.63, 3.8) is 0 Å². The minimum absolute atomic E-state index is 0.0155. The first kappa shape index (κ1) is 18.7. The second-order valence-corrected chi connectivity index (χ2v) is 5.47. The number of benzene rings is 1. The van der Waals surface area contributed by atoms with Gasteiger partial charge in [0.15, 0.2) is 12.4 Å². The van der Waals surface area contributed by atoms with Crippen molar-refractivity contribution in [1.29, 1.82) is 0 Å². The number of hydrogen-bond donors (Lipinski definition) is 0. The third kappa shape index (κ3) is 4.90. The molecule has 0 aliphatic carbocycles. The van der Waals surface area contributed by atoms with Gasteiger partial charge in [-0.3, -0.25) is 14.9 Å². The topological polar surface area (TPSA) is 108 Å². The van der Waals surface area contributed by atoms with Crippen LogP contribution in [0.4, 0.5) is 5.69 Å². The van der Waals surface area contributed by atoms with E-state index in [-0.39, 0.29) is 35.6 Å². The van der Waals surface area contributed by atoms with Gasteiger partial charge in [-0.25, -0.2) is 4.79 Å². The number of nitro benzene ring substituents is 1. The first-order chi connectivity index (χ1) is 11.9. The molecule has 1 fully saturated rings. The number of nitrogens with zero attached hydrogens (tertiary/aromatic N) is 2. The van der Waals surface area contributed by atoms with E-state index in [2.05, 4.69) is 0 Å². The normalized spacial score (nSPS) is 17.0. The summed E-state index contributed by atoms with van der Waals surface area (Å²) < 4.78 is 15.5. The van der Waals surface area contributed by atoms with Gasteiger partial charge in [0.1, 0.15) is 0 Å². The SMILES string of the molecule is CCOc1ccc(C(=O)OCC(=O)N2CCOC(C)C2)cc1[N+](=O)[O-]. The van der Waals surface area contributed by atoms with Crippen molar-refractivity contribution in [3.05, 3.63) is 33.9 Å². The molecule has 1 unspecified atom stereocenters. The summed E-state index contributed by atoms with van der Waals surface area (Å²) >= 11 is 0. The smallest absolute Gasteiger partial charge is 0.338 e. The molecule has 2 rings (SSSR count). The van der Waals surface area contributed by atoms with E-state index in [0.29, 0.717) is 19.7 Å². The Morgan fingerprint density at radius 2 is 2.20 bits per heavy atom. The molecule has 1 aromatic carbocycles. The maximum absolute atomic E-state index is 12.1. The second-order valence-electron chi connectivity index (χ2n) is 5.47. The third-order valence-corrected chi connectivity index (χ3v) is 3.61. The number of carbonyl (C=O) groups is 2. The predicted molar refractivity (Wildman–Crippen MR) is 86.5 cm³/mol. The Labute approximate surface area is 144 Å². The lowest BCUT2D eigenvalue weighted by molar-refractivity contribution is -0.385. The van der Waals surface area contributed by atoms with Crippen LogP contribution in [0.3, 0.4) is 0 Å². The molecular weight excluding hydrogens is 332 g/mol. The van der Waals surface area contributed by atoms with Crippen LogP contribution in [0.5, 0.6) is 5.75 Å². The molecule has 0 spiro atoms. The van der Waals surface area contributed by atoms with E-state index in [9.17, 15) is 19.7 Å². The van der Waals surface area contributed by atoms with E-state index in [1.165, 1.54) is 12.1 Å². The van der Waals surface area contributed by atoms with Gasteiger partial charge in [0, 0.05) is 19.2 Å². The number of esters is 1. The Morgan fingerprint density at radius 1 is 1.44 bits per heavy atom. The molecule has 1 saturated heterocycles. The minimum atomic E-state index is -0.805. The van der Waals surface area contributed by atoms with Crippen molar-refractivity contribution in [2.75, 3.05) is 32.9 Å².